The number of carbonyl (C=O) groups is 1. The number of likely N-dealkylation sites (tertiary alicyclic amines) is 1. The van der Waals surface area contributed by atoms with Crippen molar-refractivity contribution in [1.29, 1.82) is 0 Å². The quantitative estimate of drug-likeness (QED) is 0.618. The van der Waals surface area contributed by atoms with Crippen LogP contribution in [0.25, 0.3) is 0 Å². The molecule has 1 amide bonds. The van der Waals surface area contributed by atoms with Gasteiger partial charge in [0.25, 0.3) is 0 Å². The van der Waals surface area contributed by atoms with Crippen LogP contribution in [0.15, 0.2) is 0 Å². The highest BCUT2D eigenvalue weighted by Gasteiger charge is 2.20. The monoisotopic (exact) mass is 299 g/mol. The molecular formula is C16H33N3O2. The van der Waals surface area contributed by atoms with Crippen molar-refractivity contribution in [3.05, 3.63) is 0 Å². The minimum Gasteiger partial charge on any atom is -0.381 e. The van der Waals surface area contributed by atoms with Crippen LogP contribution in [0.1, 0.15) is 39.0 Å². The topological polar surface area (TPSA) is 44.8 Å². The maximum Gasteiger partial charge on any atom is 0.236 e. The molecule has 1 rings (SSSR count). The van der Waals surface area contributed by atoms with E-state index in [-0.39, 0.29) is 5.91 Å². The van der Waals surface area contributed by atoms with Gasteiger partial charge in [0, 0.05) is 46.4 Å². The molecule has 0 aromatic rings. The number of nitrogens with zero attached hydrogens (tertiary/aromatic N) is 2. The summed E-state index contributed by atoms with van der Waals surface area (Å²) in [6.45, 7) is 7.58. The van der Waals surface area contributed by atoms with Crippen LogP contribution in [0, 0.1) is 0 Å². The number of nitrogens with one attached hydrogen (secondary N) is 1. The number of ether oxygens (including phenoxy) is 1. The number of likely N-dealkylation sites (N-methyl/N-ethyl adjacent to an activating group) is 1. The van der Waals surface area contributed by atoms with E-state index in [2.05, 4.69) is 17.1 Å². The second kappa shape index (κ2) is 11.0. The molecule has 5 nitrogen and oxygen atoms in total. The molecule has 1 aliphatic rings. The first-order valence-corrected chi connectivity index (χ1v) is 8.37. The number of rotatable bonds is 10. The number of amides is 1. The fraction of sp³-hybridized carbons (Fsp3) is 0.938. The Bertz CT molecular complexity index is 277. The molecule has 0 spiro atoms. The molecule has 21 heavy (non-hydrogen) atoms. The summed E-state index contributed by atoms with van der Waals surface area (Å²) < 4.78 is 5.56. The van der Waals surface area contributed by atoms with Crippen molar-refractivity contribution in [2.45, 2.75) is 45.1 Å². The van der Waals surface area contributed by atoms with Gasteiger partial charge in [-0.25, -0.2) is 0 Å². The lowest BCUT2D eigenvalue weighted by Crippen LogP contribution is -2.46. The molecule has 1 N–H and O–H groups in total. The molecule has 1 heterocycles. The standard InChI is InChI=1S/C16H33N3O2/c1-4-5-12-21-13-6-9-17-15-7-10-19(11-8-15)14-16(20)18(2)3/h15,17H,4-14H2,1-3H3. The average Bonchev–Trinajstić information content (AvgIpc) is 2.48. The first-order chi connectivity index (χ1) is 10.1. The Kier molecular flexibility index (Phi) is 9.63. The first-order valence-electron chi connectivity index (χ1n) is 8.37. The maximum atomic E-state index is 11.7. The molecule has 0 saturated carbocycles. The van der Waals surface area contributed by atoms with E-state index in [0.717, 1.165) is 58.5 Å². The fourth-order valence-corrected chi connectivity index (χ4v) is 2.46. The molecule has 0 aromatic carbocycles. The number of hydrogen-bond donors (Lipinski definition) is 1. The Balaban J connectivity index is 1.99. The van der Waals surface area contributed by atoms with Crippen molar-refractivity contribution in [3.63, 3.8) is 0 Å². The van der Waals surface area contributed by atoms with Crippen molar-refractivity contribution in [2.24, 2.45) is 0 Å². The van der Waals surface area contributed by atoms with Crippen molar-refractivity contribution >= 4 is 5.91 Å². The Hall–Kier alpha value is -0.650. The van der Waals surface area contributed by atoms with Crippen LogP contribution in [-0.4, -0.2) is 75.2 Å². The SMILES string of the molecule is CCCCOCCCNC1CCN(CC(=O)N(C)C)CC1. The summed E-state index contributed by atoms with van der Waals surface area (Å²) in [5, 5.41) is 3.61. The largest absolute Gasteiger partial charge is 0.381 e. The fourth-order valence-electron chi connectivity index (χ4n) is 2.46. The molecule has 5 heteroatoms. The Morgan fingerprint density at radius 1 is 1.24 bits per heavy atom. The van der Waals surface area contributed by atoms with Gasteiger partial charge in [0.2, 0.25) is 5.91 Å². The number of carbonyl (C=O) groups excluding carboxylic acids is 1. The number of hydrogen-bond acceptors (Lipinski definition) is 4. The predicted octanol–water partition coefficient (Wildman–Crippen LogP) is 1.34. The third-order valence-corrected chi connectivity index (χ3v) is 3.99. The summed E-state index contributed by atoms with van der Waals surface area (Å²) in [7, 11) is 3.64. The van der Waals surface area contributed by atoms with Crippen LogP contribution >= 0.6 is 0 Å². The molecule has 1 saturated heterocycles. The second-order valence-electron chi connectivity index (χ2n) is 6.11. The first kappa shape index (κ1) is 18.4. The normalized spacial score (nSPS) is 17.1. The smallest absolute Gasteiger partial charge is 0.236 e. The molecule has 0 radical (unpaired) electrons. The van der Waals surface area contributed by atoms with Crippen LogP contribution < -0.4 is 5.32 Å². The lowest BCUT2D eigenvalue weighted by molar-refractivity contribution is -0.130. The van der Waals surface area contributed by atoms with E-state index in [0.29, 0.717) is 12.6 Å². The van der Waals surface area contributed by atoms with Crippen molar-refractivity contribution in [3.8, 4) is 0 Å². The van der Waals surface area contributed by atoms with E-state index < -0.39 is 0 Å². The van der Waals surface area contributed by atoms with E-state index in [1.165, 1.54) is 6.42 Å². The van der Waals surface area contributed by atoms with Crippen LogP contribution in [0.4, 0.5) is 0 Å². The number of piperidine rings is 1. The lowest BCUT2D eigenvalue weighted by atomic mass is 10.0. The van der Waals surface area contributed by atoms with Gasteiger partial charge in [-0.3, -0.25) is 9.69 Å². The van der Waals surface area contributed by atoms with Gasteiger partial charge in [-0.2, -0.15) is 0 Å². The lowest BCUT2D eigenvalue weighted by Gasteiger charge is -2.32. The second-order valence-corrected chi connectivity index (χ2v) is 6.11. The minimum atomic E-state index is 0.200. The van der Waals surface area contributed by atoms with Crippen molar-refractivity contribution in [2.75, 3.05) is 53.5 Å². The van der Waals surface area contributed by atoms with E-state index in [4.69, 9.17) is 4.74 Å². The van der Waals surface area contributed by atoms with Gasteiger partial charge < -0.3 is 15.0 Å². The summed E-state index contributed by atoms with van der Waals surface area (Å²) in [4.78, 5) is 15.6. The van der Waals surface area contributed by atoms with Gasteiger partial charge in [-0.15, -0.1) is 0 Å². The zero-order valence-electron chi connectivity index (χ0n) is 14.1. The van der Waals surface area contributed by atoms with Gasteiger partial charge in [0.15, 0.2) is 0 Å². The van der Waals surface area contributed by atoms with Gasteiger partial charge in [-0.05, 0) is 32.2 Å². The summed E-state index contributed by atoms with van der Waals surface area (Å²) in [5.74, 6) is 0.200. The highest BCUT2D eigenvalue weighted by atomic mass is 16.5. The molecular weight excluding hydrogens is 266 g/mol. The third kappa shape index (κ3) is 8.39. The zero-order chi connectivity index (χ0) is 15.5. The van der Waals surface area contributed by atoms with Gasteiger partial charge in [0.05, 0.1) is 6.54 Å². The van der Waals surface area contributed by atoms with Gasteiger partial charge >= 0.3 is 0 Å². The van der Waals surface area contributed by atoms with E-state index in [1.54, 1.807) is 4.90 Å². The van der Waals surface area contributed by atoms with Gasteiger partial charge in [0.1, 0.15) is 0 Å². The van der Waals surface area contributed by atoms with Crippen LogP contribution in [0.5, 0.6) is 0 Å². The molecule has 0 bridgehead atoms. The molecule has 0 atom stereocenters. The summed E-state index contributed by atoms with van der Waals surface area (Å²) in [6.07, 6.45) is 5.72. The van der Waals surface area contributed by atoms with Crippen LogP contribution in [0.2, 0.25) is 0 Å². The Labute approximate surface area is 130 Å². The summed E-state index contributed by atoms with van der Waals surface area (Å²) in [6, 6.07) is 0.603. The number of unbranched alkanes of at least 4 members (excludes halogenated alkanes) is 1. The predicted molar refractivity (Wildman–Crippen MR) is 86.5 cm³/mol. The minimum absolute atomic E-state index is 0.200. The molecule has 0 unspecified atom stereocenters. The zero-order valence-corrected chi connectivity index (χ0v) is 14.1. The van der Waals surface area contributed by atoms with E-state index in [1.807, 2.05) is 14.1 Å². The summed E-state index contributed by atoms with van der Waals surface area (Å²) in [5.41, 5.74) is 0. The Morgan fingerprint density at radius 3 is 2.52 bits per heavy atom. The third-order valence-electron chi connectivity index (χ3n) is 3.99. The molecule has 1 aliphatic heterocycles. The highest BCUT2D eigenvalue weighted by molar-refractivity contribution is 5.77. The molecule has 1 fully saturated rings. The Morgan fingerprint density at radius 2 is 1.90 bits per heavy atom. The van der Waals surface area contributed by atoms with Crippen LogP contribution in [0.3, 0.4) is 0 Å². The maximum absolute atomic E-state index is 11.7. The molecule has 124 valence electrons. The molecule has 0 aromatic heterocycles. The average molecular weight is 299 g/mol. The van der Waals surface area contributed by atoms with Crippen molar-refractivity contribution in [1.82, 2.24) is 15.1 Å². The van der Waals surface area contributed by atoms with E-state index >= 15 is 0 Å². The van der Waals surface area contributed by atoms with Gasteiger partial charge in [-0.1, -0.05) is 13.3 Å². The molecule has 0 aliphatic carbocycles. The van der Waals surface area contributed by atoms with Crippen LogP contribution in [-0.2, 0) is 9.53 Å². The summed E-state index contributed by atoms with van der Waals surface area (Å²) >= 11 is 0. The van der Waals surface area contributed by atoms with E-state index in [9.17, 15) is 4.79 Å². The highest BCUT2D eigenvalue weighted by Crippen LogP contribution is 2.10. The van der Waals surface area contributed by atoms with Crippen molar-refractivity contribution < 1.29 is 9.53 Å².